The van der Waals surface area contributed by atoms with Crippen molar-refractivity contribution in [3.63, 3.8) is 0 Å². The van der Waals surface area contributed by atoms with E-state index in [2.05, 4.69) is 30.6 Å². The summed E-state index contributed by atoms with van der Waals surface area (Å²) in [6, 6.07) is 2.92. The van der Waals surface area contributed by atoms with Gasteiger partial charge in [-0.1, -0.05) is 0 Å². The number of alkyl halides is 2. The highest BCUT2D eigenvalue weighted by Gasteiger charge is 2.36. The number of nitrogens with one attached hydrogen (secondary N) is 2. The first-order chi connectivity index (χ1) is 15.9. The zero-order valence-electron chi connectivity index (χ0n) is 18.0. The van der Waals surface area contributed by atoms with Crippen molar-refractivity contribution >= 4 is 22.8 Å². The second kappa shape index (κ2) is 8.47. The molecule has 9 nitrogen and oxygen atoms in total. The summed E-state index contributed by atoms with van der Waals surface area (Å²) in [6.07, 6.45) is 7.39. The van der Waals surface area contributed by atoms with Crippen LogP contribution in [-0.2, 0) is 4.79 Å². The number of hydrogen-bond donors (Lipinski definition) is 2. The molecular weight excluding hydrogens is 432 g/mol. The van der Waals surface area contributed by atoms with E-state index >= 15 is 0 Å². The van der Waals surface area contributed by atoms with Gasteiger partial charge in [0.05, 0.1) is 24.3 Å². The van der Waals surface area contributed by atoms with Gasteiger partial charge in [-0.2, -0.15) is 0 Å². The predicted molar refractivity (Wildman–Crippen MR) is 117 cm³/mol. The van der Waals surface area contributed by atoms with Gasteiger partial charge in [-0.3, -0.25) is 14.7 Å². The van der Waals surface area contributed by atoms with E-state index in [0.717, 1.165) is 6.42 Å². The summed E-state index contributed by atoms with van der Waals surface area (Å²) < 4.78 is 35.1. The van der Waals surface area contributed by atoms with Gasteiger partial charge in [-0.25, -0.2) is 23.7 Å². The minimum Gasteiger partial charge on any atom is -0.484 e. The zero-order valence-corrected chi connectivity index (χ0v) is 18.0. The van der Waals surface area contributed by atoms with Crippen LogP contribution < -0.4 is 15.4 Å². The van der Waals surface area contributed by atoms with E-state index in [1.807, 2.05) is 11.9 Å². The number of rotatable bonds is 1. The molecule has 2 aromatic heterocycles. The number of hydrogen-bond acceptors (Lipinski definition) is 8. The maximum Gasteiger partial charge on any atom is 0.298 e. The summed E-state index contributed by atoms with van der Waals surface area (Å²) in [7, 11) is 1.82. The van der Waals surface area contributed by atoms with Crippen LogP contribution in [0.2, 0.25) is 0 Å². The molecule has 0 aliphatic carbocycles. The molecule has 33 heavy (non-hydrogen) atoms. The molecule has 11 heteroatoms. The molecule has 2 aliphatic heterocycles. The molecule has 2 N–H and O–H groups in total. The smallest absolute Gasteiger partial charge is 0.298 e. The van der Waals surface area contributed by atoms with Gasteiger partial charge >= 0.3 is 0 Å². The average Bonchev–Trinajstić information content (AvgIpc) is 2.82. The Morgan fingerprint density at radius 2 is 2.03 bits per heavy atom. The van der Waals surface area contributed by atoms with E-state index in [1.54, 1.807) is 30.7 Å². The Hall–Kier alpha value is -3.47. The van der Waals surface area contributed by atoms with Gasteiger partial charge in [0.2, 0.25) is 5.91 Å². The molecule has 2 aliphatic rings. The van der Waals surface area contributed by atoms with Crippen molar-refractivity contribution in [2.75, 3.05) is 32.1 Å². The van der Waals surface area contributed by atoms with Gasteiger partial charge in [-0.05, 0) is 32.0 Å². The molecule has 4 bridgehead atoms. The number of fused-ring (bicyclic) bond motifs is 3. The third-order valence-electron chi connectivity index (χ3n) is 6.01. The van der Waals surface area contributed by atoms with E-state index < -0.39 is 31.0 Å². The van der Waals surface area contributed by atoms with Crippen LogP contribution >= 0.6 is 0 Å². The molecule has 0 unspecified atom stereocenters. The number of piperidine rings is 1. The minimum absolute atomic E-state index is 0.0535. The van der Waals surface area contributed by atoms with Gasteiger partial charge in [0.15, 0.2) is 12.4 Å². The molecule has 0 radical (unpaired) electrons. The molecule has 1 fully saturated rings. The average molecular weight is 455 g/mol. The Kier molecular flexibility index (Phi) is 5.49. The highest BCUT2D eigenvalue weighted by Crippen LogP contribution is 2.36. The van der Waals surface area contributed by atoms with Gasteiger partial charge < -0.3 is 15.4 Å². The number of amides is 1. The molecule has 3 aromatic rings. The first-order valence-corrected chi connectivity index (χ1v) is 10.7. The van der Waals surface area contributed by atoms with Crippen LogP contribution in [-0.4, -0.2) is 75.5 Å². The maximum absolute atomic E-state index is 14.7. The van der Waals surface area contributed by atoms with Crippen molar-refractivity contribution in [2.45, 2.75) is 30.8 Å². The van der Waals surface area contributed by atoms with Gasteiger partial charge in [-0.15, -0.1) is 0 Å². The zero-order chi connectivity index (χ0) is 23.0. The number of carbonyl (C=O) groups is 1. The highest BCUT2D eigenvalue weighted by atomic mass is 19.3. The van der Waals surface area contributed by atoms with E-state index in [1.165, 1.54) is 6.33 Å². The summed E-state index contributed by atoms with van der Waals surface area (Å²) >= 11 is 0. The summed E-state index contributed by atoms with van der Waals surface area (Å²) in [4.78, 5) is 31.7. The quantitative estimate of drug-likeness (QED) is 0.575. The van der Waals surface area contributed by atoms with Crippen LogP contribution in [0.15, 0.2) is 37.1 Å². The van der Waals surface area contributed by atoms with Crippen LogP contribution in [0, 0.1) is 0 Å². The maximum atomic E-state index is 14.7. The highest BCUT2D eigenvalue weighted by molar-refractivity contribution is 5.90. The van der Waals surface area contributed by atoms with Crippen molar-refractivity contribution in [1.82, 2.24) is 30.2 Å². The molecule has 0 saturated carbocycles. The molecule has 1 amide bonds. The Bertz CT molecular complexity index is 1180. The third kappa shape index (κ3) is 4.40. The fourth-order valence-corrected chi connectivity index (χ4v) is 4.23. The van der Waals surface area contributed by atoms with E-state index in [-0.39, 0.29) is 11.8 Å². The Morgan fingerprint density at radius 3 is 2.85 bits per heavy atom. The number of likely N-dealkylation sites (N-methyl/N-ethyl adjacent to an activating group) is 1. The molecule has 4 heterocycles. The number of anilines is 1. The summed E-state index contributed by atoms with van der Waals surface area (Å²) in [5, 5.41) is 5.76. The monoisotopic (exact) mass is 455 g/mol. The topological polar surface area (TPSA) is 105 Å². The normalized spacial score (nSPS) is 23.3. The number of halogens is 2. The predicted octanol–water partition coefficient (Wildman–Crippen LogP) is 2.11. The minimum atomic E-state index is -3.29. The standard InChI is InChI=1S/C22H23F2N7O2/c1-31-5-4-14-6-17(31)21(32)28-10-22(23,24)11-33-20-15(13-7-25-12-26-8-13)2-3-16-19(20)30-18(29-14)9-27-16/h2-3,7-9,12,14,17H,4-6,10-11H2,1H3,(H,28,32)(H,29,30)/t14-,17-/m0/s1. The van der Waals surface area contributed by atoms with Crippen LogP contribution in [0.3, 0.4) is 0 Å². The van der Waals surface area contributed by atoms with Gasteiger partial charge in [0.1, 0.15) is 17.7 Å². The second-order valence-electron chi connectivity index (χ2n) is 8.42. The Morgan fingerprint density at radius 1 is 1.21 bits per heavy atom. The molecule has 5 rings (SSSR count). The van der Waals surface area contributed by atoms with E-state index in [9.17, 15) is 13.6 Å². The number of carbonyl (C=O) groups excluding carboxylic acids is 1. The first-order valence-electron chi connectivity index (χ1n) is 10.7. The number of likely N-dealkylation sites (tertiary alicyclic amines) is 1. The Labute approximate surface area is 188 Å². The lowest BCUT2D eigenvalue weighted by Crippen LogP contribution is -2.54. The second-order valence-corrected chi connectivity index (χ2v) is 8.42. The SMILES string of the molecule is CN1CC[C@H]2C[C@H]1C(=O)NCC(F)(F)COc1c(-c3cncnc3)ccc3ncc(nc13)N2. The number of aromatic nitrogens is 4. The lowest BCUT2D eigenvalue weighted by Gasteiger charge is -2.37. The van der Waals surface area contributed by atoms with Crippen LogP contribution in [0.1, 0.15) is 12.8 Å². The lowest BCUT2D eigenvalue weighted by atomic mass is 9.97. The van der Waals surface area contributed by atoms with Crippen LogP contribution in [0.25, 0.3) is 22.2 Å². The molecule has 1 saturated heterocycles. The molecule has 172 valence electrons. The van der Waals surface area contributed by atoms with Gasteiger partial charge in [0.25, 0.3) is 5.92 Å². The number of ether oxygens (including phenoxy) is 1. The number of benzene rings is 1. The largest absolute Gasteiger partial charge is 0.484 e. The van der Waals surface area contributed by atoms with Crippen LogP contribution in [0.4, 0.5) is 14.6 Å². The fourth-order valence-electron chi connectivity index (χ4n) is 4.23. The van der Waals surface area contributed by atoms with Crippen molar-refractivity contribution in [2.24, 2.45) is 0 Å². The van der Waals surface area contributed by atoms with Crippen molar-refractivity contribution in [3.05, 3.63) is 37.1 Å². The van der Waals surface area contributed by atoms with E-state index in [0.29, 0.717) is 40.9 Å². The number of nitrogens with zero attached hydrogens (tertiary/aromatic N) is 5. The van der Waals surface area contributed by atoms with Crippen molar-refractivity contribution in [1.29, 1.82) is 0 Å². The molecule has 2 atom stereocenters. The molecule has 0 spiro atoms. The lowest BCUT2D eigenvalue weighted by molar-refractivity contribution is -0.129. The Balaban J connectivity index is 1.61. The van der Waals surface area contributed by atoms with Gasteiger partial charge in [0, 0.05) is 36.1 Å². The first kappa shape index (κ1) is 21.4. The third-order valence-corrected chi connectivity index (χ3v) is 6.01. The van der Waals surface area contributed by atoms with Crippen molar-refractivity contribution in [3.8, 4) is 16.9 Å². The summed E-state index contributed by atoms with van der Waals surface area (Å²) in [6.45, 7) is -1.10. The van der Waals surface area contributed by atoms with E-state index in [4.69, 9.17) is 4.74 Å². The fraction of sp³-hybridized carbons (Fsp3) is 0.409. The van der Waals surface area contributed by atoms with Crippen LogP contribution in [0.5, 0.6) is 5.75 Å². The molecular formula is C22H23F2N7O2. The summed E-state index contributed by atoms with van der Waals surface area (Å²) in [5.74, 6) is -3.05. The summed E-state index contributed by atoms with van der Waals surface area (Å²) in [5.41, 5.74) is 2.01. The molecule has 1 aromatic carbocycles. The van der Waals surface area contributed by atoms with Crippen molar-refractivity contribution < 1.29 is 18.3 Å².